The first-order chi connectivity index (χ1) is 11.8. The van der Waals surface area contributed by atoms with Gasteiger partial charge < -0.3 is 0 Å². The Morgan fingerprint density at radius 2 is 1.58 bits per heavy atom. The molecule has 2 heterocycles. The molecule has 4 rings (SSSR count). The van der Waals surface area contributed by atoms with Crippen LogP contribution in [0.25, 0.3) is 27.6 Å². The first-order valence-corrected chi connectivity index (χ1v) is 8.35. The lowest BCUT2D eigenvalue weighted by molar-refractivity contribution is 0.112. The number of carbonyl (C=O) groups is 1. The number of aromatic nitrogens is 3. The Labute approximate surface area is 143 Å². The molecule has 2 aromatic carbocycles. The van der Waals surface area contributed by atoms with E-state index in [-0.39, 0.29) is 0 Å². The fraction of sp³-hybridized carbons (Fsp3) is 0. The van der Waals surface area contributed by atoms with E-state index in [4.69, 9.17) is 0 Å². The normalized spacial score (nSPS) is 10.7. The van der Waals surface area contributed by atoms with Crippen molar-refractivity contribution in [2.75, 3.05) is 0 Å². The average Bonchev–Trinajstić information content (AvgIpc) is 3.30. The summed E-state index contributed by atoms with van der Waals surface area (Å²) in [6, 6.07) is 19.7. The molecule has 0 unspecified atom stereocenters. The number of carbonyl (C=O) groups excluding carboxylic acids is 1. The highest BCUT2D eigenvalue weighted by Crippen LogP contribution is 2.26. The van der Waals surface area contributed by atoms with Gasteiger partial charge in [-0.3, -0.25) is 4.79 Å². The molecule has 0 aliphatic rings. The lowest BCUT2D eigenvalue weighted by Gasteiger charge is -1.97. The molecule has 0 fully saturated rings. The Bertz CT molecular complexity index is 974. The summed E-state index contributed by atoms with van der Waals surface area (Å²) < 4.78 is 1.67. The summed E-state index contributed by atoms with van der Waals surface area (Å²) in [6.45, 7) is 0. The highest BCUT2D eigenvalue weighted by Gasteiger charge is 2.13. The topological polar surface area (TPSA) is 47.8 Å². The van der Waals surface area contributed by atoms with Crippen LogP contribution in [-0.2, 0) is 0 Å². The van der Waals surface area contributed by atoms with Crippen molar-refractivity contribution in [3.63, 3.8) is 0 Å². The minimum absolute atomic E-state index is 0.553. The zero-order valence-corrected chi connectivity index (χ0v) is 13.5. The van der Waals surface area contributed by atoms with Gasteiger partial charge in [0, 0.05) is 22.7 Å². The summed E-state index contributed by atoms with van der Waals surface area (Å²) >= 11 is 1.50. The number of thiazole rings is 1. The number of rotatable bonds is 4. The molecular weight excluding hydrogens is 318 g/mol. The molecule has 0 amide bonds. The molecule has 2 aromatic heterocycles. The Morgan fingerprint density at radius 3 is 2.25 bits per heavy atom. The van der Waals surface area contributed by atoms with E-state index in [1.54, 1.807) is 10.9 Å². The van der Waals surface area contributed by atoms with Crippen LogP contribution in [0, 0.1) is 0 Å². The van der Waals surface area contributed by atoms with Gasteiger partial charge in [0.15, 0.2) is 6.29 Å². The Kier molecular flexibility index (Phi) is 3.76. The summed E-state index contributed by atoms with van der Waals surface area (Å²) in [4.78, 5) is 16.0. The van der Waals surface area contributed by atoms with Gasteiger partial charge in [-0.15, -0.1) is 11.3 Å². The Hall–Kier alpha value is -3.05. The van der Waals surface area contributed by atoms with Gasteiger partial charge in [0.25, 0.3) is 0 Å². The maximum absolute atomic E-state index is 11.4. The third kappa shape index (κ3) is 2.66. The lowest BCUT2D eigenvalue weighted by Crippen LogP contribution is -1.94. The van der Waals surface area contributed by atoms with Crippen molar-refractivity contribution in [2.45, 2.75) is 0 Å². The van der Waals surface area contributed by atoms with Crippen LogP contribution >= 0.6 is 11.3 Å². The van der Waals surface area contributed by atoms with Crippen LogP contribution in [0.1, 0.15) is 10.4 Å². The van der Waals surface area contributed by atoms with Crippen LogP contribution in [0.5, 0.6) is 0 Å². The van der Waals surface area contributed by atoms with E-state index in [9.17, 15) is 4.79 Å². The molecule has 0 radical (unpaired) electrons. The molecule has 4 nitrogen and oxygen atoms in total. The van der Waals surface area contributed by atoms with Crippen LogP contribution in [-0.4, -0.2) is 21.1 Å². The van der Waals surface area contributed by atoms with Crippen LogP contribution in [0.2, 0.25) is 0 Å². The van der Waals surface area contributed by atoms with E-state index in [1.807, 2.05) is 66.0 Å². The van der Waals surface area contributed by atoms with Crippen molar-refractivity contribution in [2.24, 2.45) is 0 Å². The largest absolute Gasteiger partial charge is 0.298 e. The van der Waals surface area contributed by atoms with Gasteiger partial charge in [0.1, 0.15) is 5.69 Å². The maximum Gasteiger partial charge on any atom is 0.210 e. The fourth-order valence-corrected chi connectivity index (χ4v) is 3.26. The van der Waals surface area contributed by atoms with E-state index in [1.165, 1.54) is 11.3 Å². The summed E-state index contributed by atoms with van der Waals surface area (Å²) in [7, 11) is 0. The van der Waals surface area contributed by atoms with E-state index < -0.39 is 0 Å². The third-order valence-corrected chi connectivity index (χ3v) is 4.50. The van der Waals surface area contributed by atoms with Crippen molar-refractivity contribution in [3.05, 3.63) is 77.8 Å². The van der Waals surface area contributed by atoms with Crippen molar-refractivity contribution in [1.82, 2.24) is 14.8 Å². The van der Waals surface area contributed by atoms with E-state index in [2.05, 4.69) is 10.1 Å². The number of nitrogens with zero attached hydrogens (tertiary/aromatic N) is 3. The SMILES string of the molecule is O=Cc1cn(-c2nc(-c3ccccc3)cs2)nc1-c1ccccc1. The van der Waals surface area contributed by atoms with E-state index in [0.29, 0.717) is 11.3 Å². The highest BCUT2D eigenvalue weighted by molar-refractivity contribution is 7.12. The molecule has 5 heteroatoms. The average molecular weight is 331 g/mol. The second-order valence-corrected chi connectivity index (χ2v) is 6.08. The molecule has 0 bridgehead atoms. The molecule has 4 aromatic rings. The zero-order chi connectivity index (χ0) is 16.4. The second kappa shape index (κ2) is 6.22. The number of benzene rings is 2. The molecule has 0 saturated carbocycles. The van der Waals surface area contributed by atoms with Gasteiger partial charge in [-0.1, -0.05) is 60.7 Å². The lowest BCUT2D eigenvalue weighted by atomic mass is 10.1. The fourth-order valence-electron chi connectivity index (χ4n) is 2.50. The smallest absolute Gasteiger partial charge is 0.210 e. The zero-order valence-electron chi connectivity index (χ0n) is 12.7. The summed E-state index contributed by atoms with van der Waals surface area (Å²) in [6.07, 6.45) is 2.56. The third-order valence-electron chi connectivity index (χ3n) is 3.67. The summed E-state index contributed by atoms with van der Waals surface area (Å²) in [5.74, 6) is 0. The predicted octanol–water partition coefficient (Wildman–Crippen LogP) is 4.48. The highest BCUT2D eigenvalue weighted by atomic mass is 32.1. The van der Waals surface area contributed by atoms with Crippen molar-refractivity contribution in [3.8, 4) is 27.6 Å². The maximum atomic E-state index is 11.4. The Balaban J connectivity index is 1.75. The molecule has 0 aliphatic heterocycles. The number of aldehydes is 1. The van der Waals surface area contributed by atoms with Gasteiger partial charge in [-0.2, -0.15) is 5.10 Å². The van der Waals surface area contributed by atoms with Gasteiger partial charge in [0.2, 0.25) is 5.13 Å². The standard InChI is InChI=1S/C19H13N3OS/c23-12-16-11-22(21-18(16)15-9-5-2-6-10-15)19-20-17(13-24-19)14-7-3-1-4-8-14/h1-13H. The Morgan fingerprint density at radius 1 is 0.917 bits per heavy atom. The molecule has 0 atom stereocenters. The van der Waals surface area contributed by atoms with Gasteiger partial charge in [0.05, 0.1) is 11.3 Å². The van der Waals surface area contributed by atoms with Crippen LogP contribution in [0.3, 0.4) is 0 Å². The van der Waals surface area contributed by atoms with Crippen LogP contribution < -0.4 is 0 Å². The predicted molar refractivity (Wildman–Crippen MR) is 95.5 cm³/mol. The molecule has 116 valence electrons. The number of hydrogen-bond acceptors (Lipinski definition) is 4. The van der Waals surface area contributed by atoms with Gasteiger partial charge in [-0.25, -0.2) is 9.67 Å². The first-order valence-electron chi connectivity index (χ1n) is 7.47. The quantitative estimate of drug-likeness (QED) is 0.518. The van der Waals surface area contributed by atoms with E-state index >= 15 is 0 Å². The molecule has 0 aliphatic carbocycles. The summed E-state index contributed by atoms with van der Waals surface area (Å²) in [5, 5.41) is 7.29. The molecule has 0 saturated heterocycles. The minimum Gasteiger partial charge on any atom is -0.298 e. The van der Waals surface area contributed by atoms with Crippen molar-refractivity contribution >= 4 is 17.6 Å². The first kappa shape index (κ1) is 14.5. The molecular formula is C19H13N3OS. The molecule has 0 N–H and O–H groups in total. The minimum atomic E-state index is 0.553. The summed E-state index contributed by atoms with van der Waals surface area (Å²) in [5.41, 5.74) is 4.10. The van der Waals surface area contributed by atoms with Crippen molar-refractivity contribution < 1.29 is 4.79 Å². The molecule has 0 spiro atoms. The monoisotopic (exact) mass is 331 g/mol. The van der Waals surface area contributed by atoms with E-state index in [0.717, 1.165) is 28.2 Å². The van der Waals surface area contributed by atoms with Crippen LogP contribution in [0.15, 0.2) is 72.2 Å². The van der Waals surface area contributed by atoms with Crippen LogP contribution in [0.4, 0.5) is 0 Å². The second-order valence-electron chi connectivity index (χ2n) is 5.24. The number of hydrogen-bond donors (Lipinski definition) is 0. The van der Waals surface area contributed by atoms with Gasteiger partial charge >= 0.3 is 0 Å². The van der Waals surface area contributed by atoms with Crippen molar-refractivity contribution in [1.29, 1.82) is 0 Å². The van der Waals surface area contributed by atoms with Gasteiger partial charge in [-0.05, 0) is 0 Å². The molecule has 24 heavy (non-hydrogen) atoms.